The van der Waals surface area contributed by atoms with Crippen molar-refractivity contribution in [2.45, 2.75) is 51.5 Å². The lowest BCUT2D eigenvalue weighted by molar-refractivity contribution is -0.0337. The molecule has 3 heteroatoms. The SMILES string of the molecule is CC1CC(Nc2ccc(CN(C)C)cc2)CC(C)O1. The maximum Gasteiger partial charge on any atom is 0.0570 e. The maximum absolute atomic E-state index is 5.77. The Hall–Kier alpha value is -1.06. The van der Waals surface area contributed by atoms with E-state index < -0.39 is 0 Å². The zero-order valence-electron chi connectivity index (χ0n) is 12.5. The first kappa shape index (κ1) is 14.4. The highest BCUT2D eigenvalue weighted by molar-refractivity contribution is 5.45. The van der Waals surface area contributed by atoms with Gasteiger partial charge in [-0.1, -0.05) is 12.1 Å². The van der Waals surface area contributed by atoms with Crippen LogP contribution in [0.15, 0.2) is 24.3 Å². The Morgan fingerprint density at radius 2 is 1.68 bits per heavy atom. The van der Waals surface area contributed by atoms with E-state index in [1.165, 1.54) is 11.3 Å². The molecular formula is C16H26N2O. The van der Waals surface area contributed by atoms with E-state index in [4.69, 9.17) is 4.74 Å². The van der Waals surface area contributed by atoms with E-state index in [9.17, 15) is 0 Å². The van der Waals surface area contributed by atoms with Gasteiger partial charge in [-0.05, 0) is 58.5 Å². The molecule has 0 radical (unpaired) electrons. The molecule has 0 amide bonds. The van der Waals surface area contributed by atoms with Crippen LogP contribution < -0.4 is 5.32 Å². The van der Waals surface area contributed by atoms with Gasteiger partial charge in [0.25, 0.3) is 0 Å². The quantitative estimate of drug-likeness (QED) is 0.902. The van der Waals surface area contributed by atoms with Crippen LogP contribution in [0.5, 0.6) is 0 Å². The molecular weight excluding hydrogens is 236 g/mol. The van der Waals surface area contributed by atoms with Crippen molar-refractivity contribution in [1.29, 1.82) is 0 Å². The number of rotatable bonds is 4. The van der Waals surface area contributed by atoms with E-state index in [-0.39, 0.29) is 0 Å². The van der Waals surface area contributed by atoms with Crippen molar-refractivity contribution in [3.05, 3.63) is 29.8 Å². The van der Waals surface area contributed by atoms with E-state index in [1.807, 2.05) is 0 Å². The van der Waals surface area contributed by atoms with Crippen molar-refractivity contribution in [3.8, 4) is 0 Å². The molecule has 1 aromatic carbocycles. The summed E-state index contributed by atoms with van der Waals surface area (Å²) in [5, 5.41) is 3.63. The van der Waals surface area contributed by atoms with Crippen LogP contribution in [0.2, 0.25) is 0 Å². The van der Waals surface area contributed by atoms with Crippen molar-refractivity contribution in [3.63, 3.8) is 0 Å². The zero-order valence-corrected chi connectivity index (χ0v) is 12.5. The summed E-state index contributed by atoms with van der Waals surface area (Å²) in [7, 11) is 4.19. The number of anilines is 1. The van der Waals surface area contributed by atoms with Crippen molar-refractivity contribution in [1.82, 2.24) is 4.90 Å². The first-order chi connectivity index (χ1) is 9.02. The molecule has 106 valence electrons. The molecule has 1 heterocycles. The number of ether oxygens (including phenoxy) is 1. The second-order valence-corrected chi connectivity index (χ2v) is 6.00. The number of hydrogen-bond acceptors (Lipinski definition) is 3. The number of benzene rings is 1. The number of nitrogens with zero attached hydrogens (tertiary/aromatic N) is 1. The van der Waals surface area contributed by atoms with Crippen LogP contribution >= 0.6 is 0 Å². The minimum absolute atomic E-state index is 0.356. The molecule has 19 heavy (non-hydrogen) atoms. The summed E-state index contributed by atoms with van der Waals surface area (Å²) in [6.07, 6.45) is 2.89. The van der Waals surface area contributed by atoms with Gasteiger partial charge in [-0.2, -0.15) is 0 Å². The Morgan fingerprint density at radius 3 is 2.21 bits per heavy atom. The molecule has 0 bridgehead atoms. The molecule has 1 aliphatic heterocycles. The molecule has 1 aliphatic rings. The fraction of sp³-hybridized carbons (Fsp3) is 0.625. The van der Waals surface area contributed by atoms with Crippen LogP contribution in [0, 0.1) is 0 Å². The number of nitrogens with one attached hydrogen (secondary N) is 1. The van der Waals surface area contributed by atoms with Crippen LogP contribution in [0.1, 0.15) is 32.3 Å². The van der Waals surface area contributed by atoms with E-state index in [1.54, 1.807) is 0 Å². The minimum Gasteiger partial charge on any atom is -0.382 e. The van der Waals surface area contributed by atoms with Gasteiger partial charge in [0.05, 0.1) is 12.2 Å². The lowest BCUT2D eigenvalue weighted by Gasteiger charge is -2.33. The smallest absolute Gasteiger partial charge is 0.0570 e. The predicted molar refractivity (Wildman–Crippen MR) is 80.5 cm³/mol. The predicted octanol–water partition coefficient (Wildman–Crippen LogP) is 3.12. The standard InChI is InChI=1S/C16H26N2O/c1-12-9-16(10-13(2)19-12)17-15-7-5-14(6-8-15)11-18(3)4/h5-8,12-13,16-17H,9-11H2,1-4H3. The summed E-state index contributed by atoms with van der Waals surface area (Å²) >= 11 is 0. The van der Waals surface area contributed by atoms with Crippen molar-refractivity contribution >= 4 is 5.69 Å². The molecule has 2 rings (SSSR count). The molecule has 2 atom stereocenters. The maximum atomic E-state index is 5.77. The van der Waals surface area contributed by atoms with Crippen LogP contribution in [0.4, 0.5) is 5.69 Å². The average molecular weight is 262 g/mol. The summed E-state index contributed by atoms with van der Waals surface area (Å²) < 4.78 is 5.77. The Morgan fingerprint density at radius 1 is 1.11 bits per heavy atom. The molecule has 1 saturated heterocycles. The fourth-order valence-corrected chi connectivity index (χ4v) is 2.83. The van der Waals surface area contributed by atoms with E-state index >= 15 is 0 Å². The molecule has 0 saturated carbocycles. The van der Waals surface area contributed by atoms with Gasteiger partial charge in [0, 0.05) is 18.3 Å². The lowest BCUT2D eigenvalue weighted by atomic mass is 9.99. The van der Waals surface area contributed by atoms with Crippen LogP contribution in [0.25, 0.3) is 0 Å². The highest BCUT2D eigenvalue weighted by Gasteiger charge is 2.24. The lowest BCUT2D eigenvalue weighted by Crippen LogP contribution is -2.36. The monoisotopic (exact) mass is 262 g/mol. The first-order valence-electron chi connectivity index (χ1n) is 7.18. The first-order valence-corrected chi connectivity index (χ1v) is 7.18. The van der Waals surface area contributed by atoms with Gasteiger partial charge < -0.3 is 15.0 Å². The Bertz CT molecular complexity index is 378. The molecule has 0 spiro atoms. The highest BCUT2D eigenvalue weighted by atomic mass is 16.5. The van der Waals surface area contributed by atoms with Crippen molar-refractivity contribution < 1.29 is 4.74 Å². The molecule has 0 aromatic heterocycles. The zero-order chi connectivity index (χ0) is 13.8. The van der Waals surface area contributed by atoms with Crippen LogP contribution in [-0.4, -0.2) is 37.2 Å². The van der Waals surface area contributed by atoms with Gasteiger partial charge in [-0.25, -0.2) is 0 Å². The van der Waals surface area contributed by atoms with Gasteiger partial charge in [0.1, 0.15) is 0 Å². The second-order valence-electron chi connectivity index (χ2n) is 6.00. The topological polar surface area (TPSA) is 24.5 Å². The Balaban J connectivity index is 1.92. The third-order valence-corrected chi connectivity index (χ3v) is 3.52. The number of hydrogen-bond donors (Lipinski definition) is 1. The normalized spacial score (nSPS) is 27.5. The van der Waals surface area contributed by atoms with Gasteiger partial charge in [-0.3, -0.25) is 0 Å². The average Bonchev–Trinajstić information content (AvgIpc) is 2.29. The molecule has 1 fully saturated rings. The summed E-state index contributed by atoms with van der Waals surface area (Å²) in [6, 6.07) is 9.30. The molecule has 1 N–H and O–H groups in total. The van der Waals surface area contributed by atoms with Crippen molar-refractivity contribution in [2.24, 2.45) is 0 Å². The summed E-state index contributed by atoms with van der Waals surface area (Å²) in [5.41, 5.74) is 2.57. The van der Waals surface area contributed by atoms with Gasteiger partial charge >= 0.3 is 0 Å². The summed E-state index contributed by atoms with van der Waals surface area (Å²) in [5.74, 6) is 0. The van der Waals surface area contributed by atoms with Gasteiger partial charge in [-0.15, -0.1) is 0 Å². The fourth-order valence-electron chi connectivity index (χ4n) is 2.83. The van der Waals surface area contributed by atoms with Crippen LogP contribution in [-0.2, 0) is 11.3 Å². The van der Waals surface area contributed by atoms with E-state index in [2.05, 4.69) is 62.4 Å². The minimum atomic E-state index is 0.356. The van der Waals surface area contributed by atoms with Gasteiger partial charge in [0.2, 0.25) is 0 Å². The van der Waals surface area contributed by atoms with Crippen molar-refractivity contribution in [2.75, 3.05) is 19.4 Å². The van der Waals surface area contributed by atoms with E-state index in [0.29, 0.717) is 18.2 Å². The Labute approximate surface area is 116 Å². The molecule has 0 aliphatic carbocycles. The summed E-state index contributed by atoms with van der Waals surface area (Å²) in [4.78, 5) is 2.18. The molecule has 1 aromatic rings. The Kier molecular flexibility index (Phi) is 4.83. The molecule has 2 unspecified atom stereocenters. The van der Waals surface area contributed by atoms with Gasteiger partial charge in [0.15, 0.2) is 0 Å². The van der Waals surface area contributed by atoms with Crippen LogP contribution in [0.3, 0.4) is 0 Å². The molecule has 3 nitrogen and oxygen atoms in total. The summed E-state index contributed by atoms with van der Waals surface area (Å²) in [6.45, 7) is 5.31. The highest BCUT2D eigenvalue weighted by Crippen LogP contribution is 2.22. The third-order valence-electron chi connectivity index (χ3n) is 3.52. The van der Waals surface area contributed by atoms with E-state index in [0.717, 1.165) is 19.4 Å². The second kappa shape index (κ2) is 6.40. The largest absolute Gasteiger partial charge is 0.382 e. The third kappa shape index (κ3) is 4.51.